The number of halogens is 5. The third-order valence-corrected chi connectivity index (χ3v) is 8.66. The summed E-state index contributed by atoms with van der Waals surface area (Å²) < 4.78 is 61.2. The van der Waals surface area contributed by atoms with Crippen molar-refractivity contribution in [3.63, 3.8) is 0 Å². The minimum atomic E-state index is -2.76. The highest BCUT2D eigenvalue weighted by Crippen LogP contribution is 2.61. The van der Waals surface area contributed by atoms with Crippen LogP contribution in [0.15, 0.2) is 64.5 Å². The van der Waals surface area contributed by atoms with E-state index in [9.17, 15) is 13.6 Å². The maximum atomic E-state index is 16.0. The lowest BCUT2D eigenvalue weighted by Crippen LogP contribution is -2.21. The van der Waals surface area contributed by atoms with Gasteiger partial charge in [-0.3, -0.25) is 14.4 Å². The molecule has 0 bridgehead atoms. The second-order valence-corrected chi connectivity index (χ2v) is 11.3. The summed E-state index contributed by atoms with van der Waals surface area (Å²) in [6.45, 7) is 8.02. The fourth-order valence-electron chi connectivity index (χ4n) is 5.64. The molecule has 0 radical (unpaired) electrons. The molecule has 3 heterocycles. The molecule has 0 saturated heterocycles. The fourth-order valence-corrected chi connectivity index (χ4v) is 5.91. The van der Waals surface area contributed by atoms with Crippen LogP contribution in [0.2, 0.25) is 5.02 Å². The van der Waals surface area contributed by atoms with E-state index in [2.05, 4.69) is 15.2 Å². The van der Waals surface area contributed by atoms with E-state index in [-0.39, 0.29) is 39.7 Å². The van der Waals surface area contributed by atoms with Gasteiger partial charge in [-0.25, -0.2) is 18.1 Å². The Morgan fingerprint density at radius 3 is 2.50 bits per heavy atom. The molecule has 3 unspecified atom stereocenters. The number of rotatable bonds is 8. The smallest absolute Gasteiger partial charge is 0.284 e. The number of alkyl halides is 2. The molecule has 1 saturated carbocycles. The summed E-state index contributed by atoms with van der Waals surface area (Å²) in [4.78, 5) is 17.6. The van der Waals surface area contributed by atoms with Crippen molar-refractivity contribution in [3.8, 4) is 5.69 Å². The second-order valence-electron chi connectivity index (χ2n) is 11.0. The van der Waals surface area contributed by atoms with Crippen molar-refractivity contribution in [2.45, 2.75) is 59.9 Å². The van der Waals surface area contributed by atoms with Crippen LogP contribution < -0.4 is 5.56 Å². The van der Waals surface area contributed by atoms with Gasteiger partial charge in [0.1, 0.15) is 16.4 Å². The monoisotopic (exact) mass is 626 g/mol. The number of hydrogen-bond donors (Lipinski definition) is 0. The Labute approximate surface area is 256 Å². The average Bonchev–Trinajstić information content (AvgIpc) is 3.28. The Morgan fingerprint density at radius 1 is 1.16 bits per heavy atom. The molecule has 12 heteroatoms. The van der Waals surface area contributed by atoms with Gasteiger partial charge in [0.15, 0.2) is 11.6 Å². The van der Waals surface area contributed by atoms with Gasteiger partial charge in [0.2, 0.25) is 0 Å². The third kappa shape index (κ3) is 5.45. The molecular formula is C32H31ClF4N6O. The highest BCUT2D eigenvalue weighted by molar-refractivity contribution is 6.31. The number of pyridine rings is 1. The number of nitrogens with zero attached hydrogens (tertiary/aromatic N) is 6. The maximum Gasteiger partial charge on any atom is 0.333 e. The lowest BCUT2D eigenvalue weighted by molar-refractivity contribution is 0.0565. The first-order valence-electron chi connectivity index (χ1n) is 14.0. The van der Waals surface area contributed by atoms with Crippen LogP contribution in [0.25, 0.3) is 11.9 Å². The van der Waals surface area contributed by atoms with Gasteiger partial charge >= 0.3 is 6.55 Å². The molecule has 1 aromatic carbocycles. The van der Waals surface area contributed by atoms with Gasteiger partial charge in [-0.15, -0.1) is 0 Å². The van der Waals surface area contributed by atoms with Gasteiger partial charge in [0, 0.05) is 29.3 Å². The molecule has 0 amide bonds. The molecule has 3 aromatic heterocycles. The van der Waals surface area contributed by atoms with Crippen molar-refractivity contribution in [1.82, 2.24) is 24.1 Å². The van der Waals surface area contributed by atoms with Crippen molar-refractivity contribution in [2.75, 3.05) is 0 Å². The van der Waals surface area contributed by atoms with Crippen LogP contribution in [0.1, 0.15) is 71.6 Å². The van der Waals surface area contributed by atoms with Crippen molar-refractivity contribution in [3.05, 3.63) is 115 Å². The van der Waals surface area contributed by atoms with Gasteiger partial charge in [0.25, 0.3) is 5.56 Å². The zero-order chi connectivity index (χ0) is 32.0. The molecule has 5 rings (SSSR count). The topological polar surface area (TPSA) is 70.0 Å². The molecule has 1 aliphatic carbocycles. The first-order valence-corrected chi connectivity index (χ1v) is 14.4. The second kappa shape index (κ2) is 12.0. The van der Waals surface area contributed by atoms with E-state index in [0.29, 0.717) is 21.5 Å². The summed E-state index contributed by atoms with van der Waals surface area (Å²) in [5.74, 6) is -2.02. The third-order valence-electron chi connectivity index (χ3n) is 8.28. The Hall–Kier alpha value is -4.25. The maximum absolute atomic E-state index is 16.0. The van der Waals surface area contributed by atoms with E-state index in [1.54, 1.807) is 38.1 Å². The van der Waals surface area contributed by atoms with Crippen molar-refractivity contribution < 1.29 is 17.6 Å². The van der Waals surface area contributed by atoms with Crippen LogP contribution in [0.4, 0.5) is 17.6 Å². The summed E-state index contributed by atoms with van der Waals surface area (Å²) in [5.41, 5.74) is 2.96. The number of aliphatic imine (C=N–C) groups is 1. The van der Waals surface area contributed by atoms with Crippen LogP contribution in [-0.4, -0.2) is 29.8 Å². The van der Waals surface area contributed by atoms with Crippen LogP contribution in [-0.2, 0) is 0 Å². The number of hydrogen-bond acceptors (Lipinski definition) is 4. The minimum absolute atomic E-state index is 0.0190. The predicted octanol–water partition coefficient (Wildman–Crippen LogP) is 7.96. The summed E-state index contributed by atoms with van der Waals surface area (Å²) in [6, 6.07) is 6.22. The SMILES string of the molecule is C/C=C/N=C(/C(F)=C/n1c(C)cc(C2C(C)C2c2cnn(C(F)F)c2)c(Cl)c1=O)c1cccc(-n2nc(C)c(C)c2C)c1F. The standard InChI is InChI=1S/C32H31ClF4N6O/c1-7-11-38-30(22-9-8-10-25(29(22)35)43-20(6)17(3)19(5)40-43)24(34)15-41-16(2)12-23(28(33)31(41)44)27-18(4)26(27)21-13-39-42(14-21)32(36)37/h7-15,18,26-27,32H,1-6H3/b11-7+,24-15-,38-30+. The lowest BCUT2D eigenvalue weighted by Gasteiger charge is -2.13. The van der Waals surface area contributed by atoms with Crippen molar-refractivity contribution in [1.29, 1.82) is 0 Å². The van der Waals surface area contributed by atoms with Crippen LogP contribution in [0.5, 0.6) is 0 Å². The van der Waals surface area contributed by atoms with Gasteiger partial charge < -0.3 is 0 Å². The highest BCUT2D eigenvalue weighted by atomic mass is 35.5. The predicted molar refractivity (Wildman–Crippen MR) is 163 cm³/mol. The quantitative estimate of drug-likeness (QED) is 0.147. The van der Waals surface area contributed by atoms with E-state index in [1.165, 1.54) is 29.3 Å². The molecule has 3 atom stereocenters. The van der Waals surface area contributed by atoms with Gasteiger partial charge in [0.05, 0.1) is 18.1 Å². The molecule has 4 aromatic rings. The van der Waals surface area contributed by atoms with Crippen LogP contribution in [0.3, 0.4) is 0 Å². The van der Waals surface area contributed by atoms with Crippen LogP contribution in [0, 0.1) is 39.4 Å². The van der Waals surface area contributed by atoms with Gasteiger partial charge in [-0.2, -0.15) is 19.0 Å². The van der Waals surface area contributed by atoms with E-state index in [0.717, 1.165) is 27.7 Å². The molecule has 7 nitrogen and oxygen atoms in total. The zero-order valence-corrected chi connectivity index (χ0v) is 25.7. The largest absolute Gasteiger partial charge is 0.333 e. The summed E-state index contributed by atoms with van der Waals surface area (Å²) in [6.07, 6.45) is 6.53. The molecule has 0 aliphatic heterocycles. The van der Waals surface area contributed by atoms with Crippen molar-refractivity contribution >= 4 is 23.5 Å². The normalized spacial score (nSPS) is 19.0. The van der Waals surface area contributed by atoms with E-state index in [1.807, 2.05) is 27.7 Å². The number of aryl methyl sites for hydroxylation is 2. The first kappa shape index (κ1) is 31.2. The summed E-state index contributed by atoms with van der Waals surface area (Å²) in [7, 11) is 0. The van der Waals surface area contributed by atoms with Gasteiger partial charge in [-0.05, 0) is 87.3 Å². The number of benzene rings is 1. The Morgan fingerprint density at radius 2 is 1.89 bits per heavy atom. The summed E-state index contributed by atoms with van der Waals surface area (Å²) in [5, 5.41) is 8.04. The number of allylic oxidation sites excluding steroid dienone is 2. The Balaban J connectivity index is 1.53. The fraction of sp³-hybridized carbons (Fsp3) is 0.312. The Bertz CT molecular complexity index is 1900. The zero-order valence-electron chi connectivity index (χ0n) is 25.0. The lowest BCUT2D eigenvalue weighted by atomic mass is 10.1. The van der Waals surface area contributed by atoms with Gasteiger partial charge in [-0.1, -0.05) is 30.7 Å². The molecule has 44 heavy (non-hydrogen) atoms. The van der Waals surface area contributed by atoms with E-state index >= 15 is 8.78 Å². The van der Waals surface area contributed by atoms with E-state index < -0.39 is 23.8 Å². The van der Waals surface area contributed by atoms with Crippen molar-refractivity contribution in [2.24, 2.45) is 10.9 Å². The molecular weight excluding hydrogens is 596 g/mol. The Kier molecular flexibility index (Phi) is 8.53. The average molecular weight is 627 g/mol. The molecule has 230 valence electrons. The first-order chi connectivity index (χ1) is 20.9. The van der Waals surface area contributed by atoms with Crippen LogP contribution >= 0.6 is 11.6 Å². The molecule has 0 spiro atoms. The minimum Gasteiger partial charge on any atom is -0.284 e. The number of aromatic nitrogens is 5. The molecule has 1 aliphatic rings. The molecule has 0 N–H and O–H groups in total. The van der Waals surface area contributed by atoms with E-state index in [4.69, 9.17) is 11.6 Å². The highest BCUT2D eigenvalue weighted by Gasteiger charge is 2.50. The molecule has 1 fully saturated rings. The summed E-state index contributed by atoms with van der Waals surface area (Å²) >= 11 is 6.55.